The molecule has 0 spiro atoms. The number of hydrogen-bond acceptors (Lipinski definition) is 5. The van der Waals surface area contributed by atoms with Crippen molar-refractivity contribution in [1.82, 2.24) is 4.72 Å². The third kappa shape index (κ3) is 3.35. The SMILES string of the molecule is NC(=NO)c1cccc(CNS(=O)(=O)c2cccs2)c1. The molecular formula is C12H13N3O3S2. The van der Waals surface area contributed by atoms with Gasteiger partial charge in [-0.25, -0.2) is 13.1 Å². The van der Waals surface area contributed by atoms with Crippen LogP contribution in [0.1, 0.15) is 11.1 Å². The fourth-order valence-corrected chi connectivity index (χ4v) is 3.62. The molecule has 2 rings (SSSR count). The summed E-state index contributed by atoms with van der Waals surface area (Å²) < 4.78 is 26.7. The molecule has 0 unspecified atom stereocenters. The lowest BCUT2D eigenvalue weighted by atomic mass is 10.1. The van der Waals surface area contributed by atoms with Crippen molar-refractivity contribution in [3.63, 3.8) is 0 Å². The smallest absolute Gasteiger partial charge is 0.250 e. The molecule has 0 saturated heterocycles. The molecule has 0 atom stereocenters. The summed E-state index contributed by atoms with van der Waals surface area (Å²) in [5.41, 5.74) is 6.73. The van der Waals surface area contributed by atoms with Crippen molar-refractivity contribution in [2.75, 3.05) is 0 Å². The van der Waals surface area contributed by atoms with E-state index in [1.165, 1.54) is 0 Å². The Morgan fingerprint density at radius 3 is 2.80 bits per heavy atom. The molecule has 0 bridgehead atoms. The lowest BCUT2D eigenvalue weighted by molar-refractivity contribution is 0.318. The molecule has 106 valence electrons. The lowest BCUT2D eigenvalue weighted by Crippen LogP contribution is -2.22. The Balaban J connectivity index is 2.12. The average molecular weight is 311 g/mol. The van der Waals surface area contributed by atoms with Gasteiger partial charge in [0.05, 0.1) is 0 Å². The molecule has 6 nitrogen and oxygen atoms in total. The number of thiophene rings is 1. The minimum Gasteiger partial charge on any atom is -0.409 e. The van der Waals surface area contributed by atoms with Gasteiger partial charge < -0.3 is 10.9 Å². The Morgan fingerprint density at radius 2 is 2.15 bits per heavy atom. The fourth-order valence-electron chi connectivity index (χ4n) is 1.56. The largest absolute Gasteiger partial charge is 0.409 e. The van der Waals surface area contributed by atoms with E-state index in [0.29, 0.717) is 11.1 Å². The van der Waals surface area contributed by atoms with Crippen LogP contribution >= 0.6 is 11.3 Å². The van der Waals surface area contributed by atoms with Gasteiger partial charge in [-0.2, -0.15) is 0 Å². The van der Waals surface area contributed by atoms with Crippen molar-refractivity contribution in [2.24, 2.45) is 10.9 Å². The van der Waals surface area contributed by atoms with Gasteiger partial charge in [0.1, 0.15) is 4.21 Å². The van der Waals surface area contributed by atoms with Gasteiger partial charge >= 0.3 is 0 Å². The topological polar surface area (TPSA) is 105 Å². The molecule has 0 amide bonds. The molecule has 1 aromatic carbocycles. The van der Waals surface area contributed by atoms with E-state index in [4.69, 9.17) is 10.9 Å². The molecule has 4 N–H and O–H groups in total. The van der Waals surface area contributed by atoms with Gasteiger partial charge in [-0.05, 0) is 23.1 Å². The van der Waals surface area contributed by atoms with Crippen LogP contribution in [0, 0.1) is 0 Å². The summed E-state index contributed by atoms with van der Waals surface area (Å²) in [7, 11) is -3.50. The Bertz CT molecular complexity index is 709. The van der Waals surface area contributed by atoms with Gasteiger partial charge in [0.2, 0.25) is 10.0 Å². The number of nitrogens with two attached hydrogens (primary N) is 1. The zero-order valence-electron chi connectivity index (χ0n) is 10.4. The Kier molecular flexibility index (Phi) is 4.38. The first kappa shape index (κ1) is 14.5. The second-order valence-electron chi connectivity index (χ2n) is 3.94. The van der Waals surface area contributed by atoms with Crippen molar-refractivity contribution >= 4 is 27.2 Å². The number of rotatable bonds is 5. The van der Waals surface area contributed by atoms with Crippen LogP contribution < -0.4 is 10.5 Å². The van der Waals surface area contributed by atoms with Crippen LogP contribution in [0.5, 0.6) is 0 Å². The number of nitrogens with one attached hydrogen (secondary N) is 1. The van der Waals surface area contributed by atoms with Gasteiger partial charge in [-0.3, -0.25) is 0 Å². The van der Waals surface area contributed by atoms with Gasteiger partial charge in [-0.15, -0.1) is 11.3 Å². The Labute approximate surface area is 120 Å². The standard InChI is InChI=1S/C12H13N3O3S2/c13-12(15-16)10-4-1-3-9(7-10)8-14-20(17,18)11-5-2-6-19-11/h1-7,14,16H,8H2,(H2,13,15). The zero-order valence-corrected chi connectivity index (χ0v) is 12.0. The Morgan fingerprint density at radius 1 is 1.35 bits per heavy atom. The van der Waals surface area contributed by atoms with E-state index in [0.717, 1.165) is 11.3 Å². The predicted molar refractivity (Wildman–Crippen MR) is 77.3 cm³/mol. The zero-order chi connectivity index (χ0) is 14.6. The van der Waals surface area contributed by atoms with E-state index in [1.807, 2.05) is 0 Å². The van der Waals surface area contributed by atoms with E-state index in [1.54, 1.807) is 41.8 Å². The molecule has 0 aliphatic carbocycles. The second-order valence-corrected chi connectivity index (χ2v) is 6.88. The summed E-state index contributed by atoms with van der Waals surface area (Å²) in [5.74, 6) is -0.0204. The molecular weight excluding hydrogens is 298 g/mol. The normalized spacial score (nSPS) is 12.5. The van der Waals surface area contributed by atoms with Crippen molar-refractivity contribution < 1.29 is 13.6 Å². The molecule has 0 saturated carbocycles. The molecule has 20 heavy (non-hydrogen) atoms. The number of amidine groups is 1. The van der Waals surface area contributed by atoms with Crippen molar-refractivity contribution in [1.29, 1.82) is 0 Å². The first-order valence-electron chi connectivity index (χ1n) is 5.63. The van der Waals surface area contributed by atoms with Gasteiger partial charge in [0.25, 0.3) is 0 Å². The predicted octanol–water partition coefficient (Wildman–Crippen LogP) is 1.32. The molecule has 2 aromatic rings. The number of hydrogen-bond donors (Lipinski definition) is 3. The van der Waals surface area contributed by atoms with E-state index in [-0.39, 0.29) is 16.6 Å². The molecule has 1 aromatic heterocycles. The van der Waals surface area contributed by atoms with Crippen LogP contribution in [-0.2, 0) is 16.6 Å². The van der Waals surface area contributed by atoms with E-state index < -0.39 is 10.0 Å². The summed E-state index contributed by atoms with van der Waals surface area (Å²) in [6.45, 7) is 0.132. The maximum Gasteiger partial charge on any atom is 0.250 e. The molecule has 0 aliphatic rings. The lowest BCUT2D eigenvalue weighted by Gasteiger charge is -2.06. The number of sulfonamides is 1. The summed E-state index contributed by atoms with van der Waals surface area (Å²) in [6, 6.07) is 10.0. The molecule has 0 aliphatic heterocycles. The van der Waals surface area contributed by atoms with Crippen LogP contribution in [-0.4, -0.2) is 19.5 Å². The first-order valence-corrected chi connectivity index (χ1v) is 7.99. The van der Waals surface area contributed by atoms with Crippen molar-refractivity contribution in [3.8, 4) is 0 Å². The van der Waals surface area contributed by atoms with E-state index in [2.05, 4.69) is 9.88 Å². The minimum absolute atomic E-state index is 0.0204. The highest BCUT2D eigenvalue weighted by molar-refractivity contribution is 7.91. The first-order chi connectivity index (χ1) is 9.53. The Hall–Kier alpha value is -1.90. The van der Waals surface area contributed by atoms with E-state index in [9.17, 15) is 8.42 Å². The number of nitrogens with zero attached hydrogens (tertiary/aromatic N) is 1. The van der Waals surface area contributed by atoms with Crippen LogP contribution in [0.15, 0.2) is 51.1 Å². The molecule has 0 radical (unpaired) electrons. The summed E-state index contributed by atoms with van der Waals surface area (Å²) in [5, 5.41) is 13.2. The minimum atomic E-state index is -3.50. The summed E-state index contributed by atoms with van der Waals surface area (Å²) in [4.78, 5) is 0. The highest BCUT2D eigenvalue weighted by Crippen LogP contribution is 2.16. The van der Waals surface area contributed by atoms with Gasteiger partial charge in [0, 0.05) is 12.1 Å². The second kappa shape index (κ2) is 6.04. The maximum absolute atomic E-state index is 12.0. The average Bonchev–Trinajstić information content (AvgIpc) is 3.00. The molecule has 0 fully saturated rings. The van der Waals surface area contributed by atoms with Gasteiger partial charge in [-0.1, -0.05) is 29.4 Å². The molecule has 1 heterocycles. The third-order valence-corrected chi connectivity index (χ3v) is 5.36. The quantitative estimate of drug-likeness (QED) is 0.335. The monoisotopic (exact) mass is 311 g/mol. The van der Waals surface area contributed by atoms with Gasteiger partial charge in [0.15, 0.2) is 5.84 Å². The third-order valence-electron chi connectivity index (χ3n) is 2.56. The fraction of sp³-hybridized carbons (Fsp3) is 0.0833. The number of oxime groups is 1. The van der Waals surface area contributed by atoms with Crippen molar-refractivity contribution in [3.05, 3.63) is 52.9 Å². The van der Waals surface area contributed by atoms with Crippen molar-refractivity contribution in [2.45, 2.75) is 10.8 Å². The summed E-state index contributed by atoms with van der Waals surface area (Å²) >= 11 is 1.15. The van der Waals surface area contributed by atoms with Crippen LogP contribution in [0.25, 0.3) is 0 Å². The van der Waals surface area contributed by atoms with Crippen LogP contribution in [0.2, 0.25) is 0 Å². The molecule has 8 heteroatoms. The van der Waals surface area contributed by atoms with Crippen LogP contribution in [0.4, 0.5) is 0 Å². The highest BCUT2D eigenvalue weighted by Gasteiger charge is 2.14. The van der Waals surface area contributed by atoms with E-state index >= 15 is 0 Å². The summed E-state index contributed by atoms with van der Waals surface area (Å²) in [6.07, 6.45) is 0. The van der Waals surface area contributed by atoms with Crippen LogP contribution in [0.3, 0.4) is 0 Å². The maximum atomic E-state index is 12.0. The highest BCUT2D eigenvalue weighted by atomic mass is 32.2. The number of benzene rings is 1.